The van der Waals surface area contributed by atoms with Gasteiger partial charge < -0.3 is 4.90 Å². The molecule has 0 aromatic heterocycles. The fraction of sp³-hybridized carbons (Fsp3) is 0.562. The molecule has 0 amide bonds. The minimum Gasteiger partial charge on any atom is -0.369 e. The highest BCUT2D eigenvalue weighted by Gasteiger charge is 2.26. The Morgan fingerprint density at radius 1 is 1.10 bits per heavy atom. The predicted octanol–water partition coefficient (Wildman–Crippen LogP) is 3.33. The molecule has 2 aliphatic rings. The van der Waals surface area contributed by atoms with E-state index in [-0.39, 0.29) is 0 Å². The molecule has 0 spiro atoms. The molecule has 2 fully saturated rings. The molecule has 1 aliphatic heterocycles. The molecule has 1 saturated carbocycles. The Balaban J connectivity index is 1.62. The third-order valence-electron chi connectivity index (χ3n) is 4.63. The molecule has 0 radical (unpaired) electrons. The molecule has 1 saturated heterocycles. The first-order chi connectivity index (χ1) is 9.78. The maximum absolute atomic E-state index is 10.9. The van der Waals surface area contributed by atoms with Gasteiger partial charge in [0.05, 0.1) is 0 Å². The zero-order valence-electron chi connectivity index (χ0n) is 11.7. The van der Waals surface area contributed by atoms with Gasteiger partial charge >= 0.3 is 0 Å². The van der Waals surface area contributed by atoms with E-state index in [1.54, 1.807) is 0 Å². The zero-order valence-corrected chi connectivity index (χ0v) is 13.3. The number of piperazine rings is 1. The minimum absolute atomic E-state index is 0.721. The van der Waals surface area contributed by atoms with Gasteiger partial charge in [0.1, 0.15) is 0 Å². The van der Waals surface area contributed by atoms with Crippen LogP contribution in [0.5, 0.6) is 0 Å². The molecular formula is C16H21BrN2O. The third kappa shape index (κ3) is 2.91. The summed E-state index contributed by atoms with van der Waals surface area (Å²) in [5.74, 6) is 0. The highest BCUT2D eigenvalue weighted by atomic mass is 79.9. The molecule has 0 atom stereocenters. The van der Waals surface area contributed by atoms with Crippen molar-refractivity contribution in [3.05, 3.63) is 28.2 Å². The van der Waals surface area contributed by atoms with Crippen LogP contribution in [0, 0.1) is 0 Å². The molecule has 4 heteroatoms. The van der Waals surface area contributed by atoms with Gasteiger partial charge in [-0.25, -0.2) is 0 Å². The fourth-order valence-corrected chi connectivity index (χ4v) is 3.88. The van der Waals surface area contributed by atoms with Crippen molar-refractivity contribution >= 4 is 27.9 Å². The van der Waals surface area contributed by atoms with Crippen LogP contribution < -0.4 is 4.90 Å². The monoisotopic (exact) mass is 336 g/mol. The molecule has 1 heterocycles. The standard InChI is InChI=1S/C16H21BrN2O/c17-16-11-15(6-5-13(16)12-20)19-9-7-18(8-10-19)14-3-1-2-4-14/h5-6,11-12,14H,1-4,7-10H2. The summed E-state index contributed by atoms with van der Waals surface area (Å²) in [6, 6.07) is 6.85. The van der Waals surface area contributed by atoms with Gasteiger partial charge in [-0.05, 0) is 47.0 Å². The molecule has 108 valence electrons. The predicted molar refractivity (Wildman–Crippen MR) is 85.6 cm³/mol. The van der Waals surface area contributed by atoms with Gasteiger partial charge in [-0.15, -0.1) is 0 Å². The molecule has 1 aromatic carbocycles. The van der Waals surface area contributed by atoms with Gasteiger partial charge in [-0.3, -0.25) is 9.69 Å². The Kier molecular flexibility index (Phi) is 4.41. The van der Waals surface area contributed by atoms with E-state index in [1.807, 2.05) is 6.07 Å². The van der Waals surface area contributed by atoms with E-state index in [2.05, 4.69) is 37.9 Å². The van der Waals surface area contributed by atoms with E-state index < -0.39 is 0 Å². The van der Waals surface area contributed by atoms with Crippen LogP contribution in [0.4, 0.5) is 5.69 Å². The summed E-state index contributed by atoms with van der Waals surface area (Å²) < 4.78 is 0.892. The van der Waals surface area contributed by atoms with Crippen molar-refractivity contribution in [1.82, 2.24) is 4.90 Å². The van der Waals surface area contributed by atoms with E-state index >= 15 is 0 Å². The molecule has 1 aliphatic carbocycles. The summed E-state index contributed by atoms with van der Waals surface area (Å²) in [5.41, 5.74) is 1.94. The van der Waals surface area contributed by atoms with Crippen molar-refractivity contribution in [3.8, 4) is 0 Å². The maximum Gasteiger partial charge on any atom is 0.151 e. The van der Waals surface area contributed by atoms with Crippen molar-refractivity contribution in [2.75, 3.05) is 31.1 Å². The number of carbonyl (C=O) groups is 1. The van der Waals surface area contributed by atoms with Crippen molar-refractivity contribution < 1.29 is 4.79 Å². The lowest BCUT2D eigenvalue weighted by Gasteiger charge is -2.39. The average molecular weight is 337 g/mol. The van der Waals surface area contributed by atoms with E-state index in [0.29, 0.717) is 0 Å². The van der Waals surface area contributed by atoms with E-state index in [4.69, 9.17) is 0 Å². The number of aldehydes is 1. The second-order valence-electron chi connectivity index (χ2n) is 5.78. The number of benzene rings is 1. The first-order valence-corrected chi connectivity index (χ1v) is 8.31. The van der Waals surface area contributed by atoms with Crippen LogP contribution in [0.25, 0.3) is 0 Å². The fourth-order valence-electron chi connectivity index (χ4n) is 3.42. The third-order valence-corrected chi connectivity index (χ3v) is 5.32. The second-order valence-corrected chi connectivity index (χ2v) is 6.64. The SMILES string of the molecule is O=Cc1ccc(N2CCN(C3CCCC3)CC2)cc1Br. The van der Waals surface area contributed by atoms with Gasteiger partial charge in [0.2, 0.25) is 0 Å². The number of hydrogen-bond donors (Lipinski definition) is 0. The first-order valence-electron chi connectivity index (χ1n) is 7.51. The number of nitrogens with zero attached hydrogens (tertiary/aromatic N) is 2. The number of halogens is 1. The summed E-state index contributed by atoms with van der Waals surface area (Å²) in [4.78, 5) is 15.9. The Hall–Kier alpha value is -0.870. The van der Waals surface area contributed by atoms with Gasteiger partial charge in [-0.2, -0.15) is 0 Å². The number of hydrogen-bond acceptors (Lipinski definition) is 3. The Morgan fingerprint density at radius 2 is 1.80 bits per heavy atom. The van der Waals surface area contributed by atoms with Crippen molar-refractivity contribution in [2.45, 2.75) is 31.7 Å². The van der Waals surface area contributed by atoms with Gasteiger partial charge in [0.15, 0.2) is 6.29 Å². The Labute approximate surface area is 129 Å². The van der Waals surface area contributed by atoms with E-state index in [0.717, 1.165) is 48.5 Å². The van der Waals surface area contributed by atoms with Gasteiger partial charge in [0.25, 0.3) is 0 Å². The lowest BCUT2D eigenvalue weighted by Crippen LogP contribution is -2.49. The van der Waals surface area contributed by atoms with Gasteiger partial charge in [-0.1, -0.05) is 12.8 Å². The topological polar surface area (TPSA) is 23.6 Å². The molecule has 20 heavy (non-hydrogen) atoms. The van der Waals surface area contributed by atoms with Gasteiger partial charge in [0, 0.05) is 47.9 Å². The minimum atomic E-state index is 0.721. The van der Waals surface area contributed by atoms with Crippen LogP contribution in [0.3, 0.4) is 0 Å². The molecule has 0 unspecified atom stereocenters. The van der Waals surface area contributed by atoms with Crippen molar-refractivity contribution in [2.24, 2.45) is 0 Å². The second kappa shape index (κ2) is 6.27. The van der Waals surface area contributed by atoms with Crippen LogP contribution in [-0.2, 0) is 0 Å². The molecule has 1 aromatic rings. The quantitative estimate of drug-likeness (QED) is 0.791. The highest BCUT2D eigenvalue weighted by Crippen LogP contribution is 2.27. The summed E-state index contributed by atoms with van der Waals surface area (Å²) in [7, 11) is 0. The average Bonchev–Trinajstić information content (AvgIpc) is 3.01. The van der Waals surface area contributed by atoms with Crippen LogP contribution in [0.2, 0.25) is 0 Å². The zero-order chi connectivity index (χ0) is 13.9. The number of rotatable bonds is 3. The summed E-state index contributed by atoms with van der Waals surface area (Å²) in [6.07, 6.45) is 6.49. The molecular weight excluding hydrogens is 316 g/mol. The van der Waals surface area contributed by atoms with Crippen LogP contribution in [0.1, 0.15) is 36.0 Å². The molecule has 0 N–H and O–H groups in total. The largest absolute Gasteiger partial charge is 0.369 e. The van der Waals surface area contributed by atoms with Crippen LogP contribution in [0.15, 0.2) is 22.7 Å². The Bertz CT molecular complexity index is 477. The normalized spacial score (nSPS) is 21.4. The first kappa shape index (κ1) is 14.1. The molecule has 3 nitrogen and oxygen atoms in total. The van der Waals surface area contributed by atoms with Crippen LogP contribution in [-0.4, -0.2) is 43.4 Å². The van der Waals surface area contributed by atoms with E-state index in [9.17, 15) is 4.79 Å². The Morgan fingerprint density at radius 3 is 2.40 bits per heavy atom. The lowest BCUT2D eigenvalue weighted by atomic mass is 10.1. The highest BCUT2D eigenvalue weighted by molar-refractivity contribution is 9.10. The summed E-state index contributed by atoms with van der Waals surface area (Å²) in [5, 5.41) is 0. The van der Waals surface area contributed by atoms with E-state index in [1.165, 1.54) is 31.4 Å². The van der Waals surface area contributed by atoms with Crippen molar-refractivity contribution in [1.29, 1.82) is 0 Å². The smallest absolute Gasteiger partial charge is 0.151 e. The molecule has 3 rings (SSSR count). The summed E-state index contributed by atoms with van der Waals surface area (Å²) >= 11 is 3.47. The lowest BCUT2D eigenvalue weighted by molar-refractivity contribution is 0.112. The van der Waals surface area contributed by atoms with Crippen LogP contribution >= 0.6 is 15.9 Å². The molecule has 0 bridgehead atoms. The number of anilines is 1. The summed E-state index contributed by atoms with van der Waals surface area (Å²) in [6.45, 7) is 4.50. The number of carbonyl (C=O) groups excluding carboxylic acids is 1. The van der Waals surface area contributed by atoms with Crippen molar-refractivity contribution in [3.63, 3.8) is 0 Å². The maximum atomic E-state index is 10.9.